The van der Waals surface area contributed by atoms with Crippen molar-refractivity contribution in [1.82, 2.24) is 0 Å². The van der Waals surface area contributed by atoms with Crippen molar-refractivity contribution in [3.05, 3.63) is 23.8 Å². The molecule has 0 radical (unpaired) electrons. The number of hydrogen-bond acceptors (Lipinski definition) is 4. The Hall–Kier alpha value is -1.47. The van der Waals surface area contributed by atoms with Gasteiger partial charge >= 0.3 is 6.36 Å². The maximum absolute atomic E-state index is 12.2. The number of benzene rings is 1. The number of aliphatic hydroxyl groups is 1. The zero-order chi connectivity index (χ0) is 14.9. The summed E-state index contributed by atoms with van der Waals surface area (Å²) < 4.78 is 45.6. The van der Waals surface area contributed by atoms with Gasteiger partial charge in [-0.15, -0.1) is 13.2 Å². The largest absolute Gasteiger partial charge is 0.573 e. The Morgan fingerprint density at radius 3 is 2.50 bits per heavy atom. The van der Waals surface area contributed by atoms with E-state index in [1.807, 2.05) is 0 Å². The van der Waals surface area contributed by atoms with Crippen LogP contribution in [0.3, 0.4) is 0 Å². The van der Waals surface area contributed by atoms with Crippen molar-refractivity contribution in [2.24, 2.45) is 11.7 Å². The molecule has 1 saturated carbocycles. The molecule has 112 valence electrons. The van der Waals surface area contributed by atoms with Gasteiger partial charge in [0, 0.05) is 5.56 Å². The molecule has 0 heterocycles. The van der Waals surface area contributed by atoms with Crippen molar-refractivity contribution in [2.75, 3.05) is 7.11 Å². The third kappa shape index (κ3) is 3.55. The highest BCUT2D eigenvalue weighted by Gasteiger charge is 2.36. The van der Waals surface area contributed by atoms with Crippen LogP contribution in [-0.2, 0) is 0 Å². The second kappa shape index (κ2) is 5.49. The summed E-state index contributed by atoms with van der Waals surface area (Å²) in [5.74, 6) is 0.0420. The SMILES string of the molecule is COc1ccc(OC(F)(F)F)cc1[C@@H](N)[C@@H](O)C1CC1. The van der Waals surface area contributed by atoms with Gasteiger partial charge in [-0.05, 0) is 37.0 Å². The first-order valence-electron chi connectivity index (χ1n) is 6.19. The number of nitrogens with two attached hydrogens (primary N) is 1. The molecule has 1 aliphatic carbocycles. The fourth-order valence-electron chi connectivity index (χ4n) is 2.08. The third-order valence-electron chi connectivity index (χ3n) is 3.27. The minimum absolute atomic E-state index is 0.0990. The van der Waals surface area contributed by atoms with E-state index in [4.69, 9.17) is 10.5 Å². The van der Waals surface area contributed by atoms with E-state index in [-0.39, 0.29) is 11.7 Å². The van der Waals surface area contributed by atoms with Crippen LogP contribution in [0.2, 0.25) is 0 Å². The molecule has 1 aromatic rings. The van der Waals surface area contributed by atoms with Crippen molar-refractivity contribution >= 4 is 0 Å². The number of halogens is 3. The van der Waals surface area contributed by atoms with Crippen LogP contribution in [0.25, 0.3) is 0 Å². The molecule has 7 heteroatoms. The maximum Gasteiger partial charge on any atom is 0.573 e. The maximum atomic E-state index is 12.2. The Morgan fingerprint density at radius 2 is 2.00 bits per heavy atom. The monoisotopic (exact) mass is 291 g/mol. The van der Waals surface area contributed by atoms with Gasteiger partial charge < -0.3 is 20.3 Å². The van der Waals surface area contributed by atoms with Crippen LogP contribution in [0.5, 0.6) is 11.5 Å². The average Bonchev–Trinajstić information content (AvgIpc) is 3.19. The van der Waals surface area contributed by atoms with E-state index in [0.29, 0.717) is 11.3 Å². The zero-order valence-corrected chi connectivity index (χ0v) is 10.9. The molecule has 4 nitrogen and oxygen atoms in total. The minimum atomic E-state index is -4.77. The second-order valence-corrected chi connectivity index (χ2v) is 4.81. The normalized spacial score (nSPS) is 18.5. The zero-order valence-electron chi connectivity index (χ0n) is 10.9. The first kappa shape index (κ1) is 14.9. The van der Waals surface area contributed by atoms with Gasteiger partial charge in [-0.25, -0.2) is 0 Å². The van der Waals surface area contributed by atoms with E-state index in [0.717, 1.165) is 25.0 Å². The third-order valence-corrected chi connectivity index (χ3v) is 3.27. The molecule has 1 aromatic carbocycles. The lowest BCUT2D eigenvalue weighted by Gasteiger charge is -2.22. The molecule has 2 rings (SSSR count). The van der Waals surface area contributed by atoms with Gasteiger partial charge in [0.1, 0.15) is 11.5 Å². The Balaban J connectivity index is 2.26. The van der Waals surface area contributed by atoms with E-state index in [2.05, 4.69) is 4.74 Å². The smallest absolute Gasteiger partial charge is 0.496 e. The van der Waals surface area contributed by atoms with Gasteiger partial charge in [0.25, 0.3) is 0 Å². The molecule has 3 N–H and O–H groups in total. The molecule has 0 saturated heterocycles. The molecule has 0 unspecified atom stereocenters. The molecule has 1 aliphatic rings. The van der Waals surface area contributed by atoms with Crippen LogP contribution in [-0.4, -0.2) is 24.7 Å². The Kier molecular flexibility index (Phi) is 4.10. The van der Waals surface area contributed by atoms with Crippen LogP contribution >= 0.6 is 0 Å². The van der Waals surface area contributed by atoms with Crippen LogP contribution in [0.4, 0.5) is 13.2 Å². The molecule has 0 aromatic heterocycles. The van der Waals surface area contributed by atoms with Crippen LogP contribution < -0.4 is 15.2 Å². The summed E-state index contributed by atoms with van der Waals surface area (Å²) in [6.45, 7) is 0. The highest BCUT2D eigenvalue weighted by atomic mass is 19.4. The fraction of sp³-hybridized carbons (Fsp3) is 0.538. The van der Waals surface area contributed by atoms with Gasteiger partial charge in [-0.3, -0.25) is 0 Å². The number of methoxy groups -OCH3 is 1. The van der Waals surface area contributed by atoms with Gasteiger partial charge in [0.2, 0.25) is 0 Å². The molecule has 0 aliphatic heterocycles. The molecule has 20 heavy (non-hydrogen) atoms. The molecule has 0 amide bonds. The number of hydrogen-bond donors (Lipinski definition) is 2. The van der Waals surface area contributed by atoms with Crippen LogP contribution in [0.1, 0.15) is 24.4 Å². The second-order valence-electron chi connectivity index (χ2n) is 4.81. The average molecular weight is 291 g/mol. The van der Waals surface area contributed by atoms with E-state index in [1.54, 1.807) is 0 Å². The fourth-order valence-corrected chi connectivity index (χ4v) is 2.08. The van der Waals surface area contributed by atoms with Crippen molar-refractivity contribution in [3.8, 4) is 11.5 Å². The number of rotatable bonds is 5. The van der Waals surface area contributed by atoms with Crippen LogP contribution in [0.15, 0.2) is 18.2 Å². The predicted molar refractivity (Wildman–Crippen MR) is 65.3 cm³/mol. The Morgan fingerprint density at radius 1 is 1.35 bits per heavy atom. The Bertz CT molecular complexity index is 474. The summed E-state index contributed by atoms with van der Waals surface area (Å²) in [6, 6.07) is 2.83. The van der Waals surface area contributed by atoms with Gasteiger partial charge in [-0.1, -0.05) is 0 Å². The van der Waals surface area contributed by atoms with Crippen molar-refractivity contribution in [2.45, 2.75) is 31.3 Å². The van der Waals surface area contributed by atoms with Crippen LogP contribution in [0, 0.1) is 5.92 Å². The predicted octanol–water partition coefficient (Wildman–Crippen LogP) is 2.36. The molecular weight excluding hydrogens is 275 g/mol. The molecule has 2 atom stereocenters. The lowest BCUT2D eigenvalue weighted by Crippen LogP contribution is -2.28. The molecule has 1 fully saturated rings. The van der Waals surface area contributed by atoms with E-state index < -0.39 is 18.5 Å². The van der Waals surface area contributed by atoms with Gasteiger partial charge in [0.15, 0.2) is 0 Å². The quantitative estimate of drug-likeness (QED) is 0.874. The van der Waals surface area contributed by atoms with E-state index >= 15 is 0 Å². The summed E-state index contributed by atoms with van der Waals surface area (Å²) >= 11 is 0. The Labute approximate surface area is 114 Å². The highest BCUT2D eigenvalue weighted by Crippen LogP contribution is 2.40. The lowest BCUT2D eigenvalue weighted by atomic mass is 9.98. The lowest BCUT2D eigenvalue weighted by molar-refractivity contribution is -0.274. The van der Waals surface area contributed by atoms with E-state index in [1.165, 1.54) is 13.2 Å². The summed E-state index contributed by atoms with van der Waals surface area (Å²) in [4.78, 5) is 0. The molecular formula is C13H16F3NO3. The first-order chi connectivity index (χ1) is 9.31. The standard InChI is InChI=1S/C13H16F3NO3/c1-19-10-5-4-8(20-13(14,15)16)6-9(10)11(17)12(18)7-2-3-7/h4-7,11-12,18H,2-3,17H2,1H3/t11-,12+/m1/s1. The van der Waals surface area contributed by atoms with Gasteiger partial charge in [-0.2, -0.15) is 0 Å². The molecule has 0 bridgehead atoms. The summed E-state index contributed by atoms with van der Waals surface area (Å²) in [5.41, 5.74) is 6.22. The summed E-state index contributed by atoms with van der Waals surface area (Å²) in [5, 5.41) is 10.0. The minimum Gasteiger partial charge on any atom is -0.496 e. The van der Waals surface area contributed by atoms with Gasteiger partial charge in [0.05, 0.1) is 19.3 Å². The summed E-state index contributed by atoms with van der Waals surface area (Å²) in [6.07, 6.45) is -3.83. The highest BCUT2D eigenvalue weighted by molar-refractivity contribution is 5.42. The number of alkyl halides is 3. The summed E-state index contributed by atoms with van der Waals surface area (Å²) in [7, 11) is 1.39. The van der Waals surface area contributed by atoms with Crippen molar-refractivity contribution < 1.29 is 27.8 Å². The molecule has 0 spiro atoms. The number of ether oxygens (including phenoxy) is 2. The van der Waals surface area contributed by atoms with E-state index in [9.17, 15) is 18.3 Å². The number of aliphatic hydroxyl groups excluding tert-OH is 1. The van der Waals surface area contributed by atoms with Crippen molar-refractivity contribution in [1.29, 1.82) is 0 Å². The van der Waals surface area contributed by atoms with Crippen molar-refractivity contribution in [3.63, 3.8) is 0 Å². The first-order valence-corrected chi connectivity index (χ1v) is 6.19. The topological polar surface area (TPSA) is 64.7 Å².